The summed E-state index contributed by atoms with van der Waals surface area (Å²) in [5, 5.41) is 2.64. The first-order chi connectivity index (χ1) is 14.7. The average molecular weight is 432 g/mol. The molecule has 4 rings (SSSR count). The van der Waals surface area contributed by atoms with Crippen molar-refractivity contribution in [3.8, 4) is 5.75 Å². The summed E-state index contributed by atoms with van der Waals surface area (Å²) in [6.45, 7) is 6.26. The Kier molecular flexibility index (Phi) is 5.25. The Hall–Kier alpha value is -2.94. The molecular formula is C22H30FN5O3. The van der Waals surface area contributed by atoms with E-state index in [0.29, 0.717) is 6.61 Å². The summed E-state index contributed by atoms with van der Waals surface area (Å²) >= 11 is 0. The van der Waals surface area contributed by atoms with Crippen molar-refractivity contribution in [1.29, 1.82) is 0 Å². The van der Waals surface area contributed by atoms with Gasteiger partial charge in [0.2, 0.25) is 5.82 Å². The number of imidazole rings is 1. The van der Waals surface area contributed by atoms with E-state index in [1.54, 1.807) is 31.5 Å². The molecule has 1 amide bonds. The van der Waals surface area contributed by atoms with Crippen LogP contribution in [0.4, 0.5) is 10.1 Å². The summed E-state index contributed by atoms with van der Waals surface area (Å²) in [7, 11) is 1.57. The van der Waals surface area contributed by atoms with Crippen LogP contribution in [0.3, 0.4) is 0 Å². The van der Waals surface area contributed by atoms with E-state index in [1.807, 2.05) is 6.20 Å². The molecule has 1 saturated heterocycles. The fraction of sp³-hybridized carbons (Fsp3) is 0.500. The molecule has 2 atom stereocenters. The second kappa shape index (κ2) is 7.64. The third-order valence-corrected chi connectivity index (χ3v) is 5.99. The van der Waals surface area contributed by atoms with Crippen molar-refractivity contribution in [1.82, 2.24) is 9.38 Å². The number of ether oxygens (including phenoxy) is 2. The number of carbonyl (C=O) groups excluding carboxylic acids is 1. The van der Waals surface area contributed by atoms with Gasteiger partial charge < -0.3 is 24.9 Å². The normalized spacial score (nSPS) is 25.8. The lowest BCUT2D eigenvalue weighted by Gasteiger charge is -2.24. The number of carbonyl (C=O) groups is 1. The molecule has 2 aromatic rings. The second-order valence-electron chi connectivity index (χ2n) is 8.89. The van der Waals surface area contributed by atoms with Crippen molar-refractivity contribution in [2.75, 3.05) is 19.0 Å². The van der Waals surface area contributed by atoms with E-state index in [0.717, 1.165) is 25.0 Å². The SMILES string of the molecule is CN=C/C=C(\N)C(=O)Nc1cn2cc(C34CCC(C)(C3)OC4)nc2c(F)c1OC(C)C.[HH]. The van der Waals surface area contributed by atoms with Crippen molar-refractivity contribution in [2.45, 2.75) is 57.2 Å². The molecule has 2 fully saturated rings. The quantitative estimate of drug-likeness (QED) is 0.540. The number of nitrogens with zero attached hydrogens (tertiary/aromatic N) is 3. The maximum atomic E-state index is 15.5. The first kappa shape index (κ1) is 21.3. The van der Waals surface area contributed by atoms with Crippen LogP contribution in [0.2, 0.25) is 0 Å². The third kappa shape index (κ3) is 3.78. The molecule has 2 unspecified atom stereocenters. The highest BCUT2D eigenvalue weighted by molar-refractivity contribution is 6.05. The van der Waals surface area contributed by atoms with Crippen LogP contribution in [0.1, 0.15) is 47.2 Å². The zero-order chi connectivity index (χ0) is 22.4. The van der Waals surface area contributed by atoms with Crippen LogP contribution in [0.5, 0.6) is 5.75 Å². The standard InChI is InChI=1S/C22H28FN5O3.H2/c1-13(2)31-18-15(26-20(29)14(24)5-8-25-4)9-28-10-16(27-19(28)17(18)23)22-7-6-21(3,11-22)30-12-22;/h5,8-10,13H,6-7,11-12,24H2,1-4H3,(H,26,29);1H/b14-5-,25-8?;. The summed E-state index contributed by atoms with van der Waals surface area (Å²) < 4.78 is 28.8. The smallest absolute Gasteiger partial charge is 0.271 e. The number of fused-ring (bicyclic) bond motifs is 3. The number of aliphatic imine (C=N–C) groups is 1. The van der Waals surface area contributed by atoms with E-state index in [9.17, 15) is 4.79 Å². The number of nitrogens with one attached hydrogen (secondary N) is 1. The van der Waals surface area contributed by atoms with Gasteiger partial charge in [-0.1, -0.05) is 0 Å². The van der Waals surface area contributed by atoms with Crippen molar-refractivity contribution in [2.24, 2.45) is 10.7 Å². The van der Waals surface area contributed by atoms with Gasteiger partial charge in [0, 0.05) is 32.5 Å². The summed E-state index contributed by atoms with van der Waals surface area (Å²) in [5.74, 6) is -1.28. The lowest BCUT2D eigenvalue weighted by Crippen LogP contribution is -2.26. The lowest BCUT2D eigenvalue weighted by atomic mass is 9.84. The summed E-state index contributed by atoms with van der Waals surface area (Å²) in [4.78, 5) is 20.9. The summed E-state index contributed by atoms with van der Waals surface area (Å²) in [5.41, 5.74) is 6.51. The van der Waals surface area contributed by atoms with Crippen molar-refractivity contribution >= 4 is 23.5 Å². The van der Waals surface area contributed by atoms with Gasteiger partial charge in [0.05, 0.1) is 29.7 Å². The molecule has 0 radical (unpaired) electrons. The molecule has 0 aromatic carbocycles. The van der Waals surface area contributed by atoms with Crippen molar-refractivity contribution in [3.05, 3.63) is 35.7 Å². The molecule has 2 aliphatic rings. The topological polar surface area (TPSA) is 103 Å². The number of aromatic nitrogens is 2. The van der Waals surface area contributed by atoms with E-state index in [1.165, 1.54) is 12.3 Å². The summed E-state index contributed by atoms with van der Waals surface area (Å²) in [6.07, 6.45) is 8.67. The van der Waals surface area contributed by atoms with Gasteiger partial charge in [0.1, 0.15) is 5.69 Å². The van der Waals surface area contributed by atoms with Gasteiger partial charge in [-0.25, -0.2) is 4.98 Å². The number of hydrogen-bond donors (Lipinski definition) is 2. The average Bonchev–Trinajstić information content (AvgIpc) is 3.40. The fourth-order valence-electron chi connectivity index (χ4n) is 4.44. The van der Waals surface area contributed by atoms with Crippen LogP contribution >= 0.6 is 0 Å². The van der Waals surface area contributed by atoms with E-state index >= 15 is 4.39 Å². The minimum absolute atomic E-state index is 0. The van der Waals surface area contributed by atoms with Gasteiger partial charge in [-0.3, -0.25) is 9.79 Å². The second-order valence-corrected chi connectivity index (χ2v) is 8.89. The Morgan fingerprint density at radius 2 is 2.26 bits per heavy atom. The minimum atomic E-state index is -0.633. The van der Waals surface area contributed by atoms with Crippen LogP contribution < -0.4 is 15.8 Å². The predicted molar refractivity (Wildman–Crippen MR) is 118 cm³/mol. The molecule has 2 aromatic heterocycles. The molecule has 1 aliphatic carbocycles. The molecule has 8 nitrogen and oxygen atoms in total. The maximum Gasteiger partial charge on any atom is 0.271 e. The van der Waals surface area contributed by atoms with Gasteiger partial charge in [0.15, 0.2) is 11.4 Å². The molecule has 0 spiro atoms. The monoisotopic (exact) mass is 431 g/mol. The van der Waals surface area contributed by atoms with Crippen molar-refractivity contribution in [3.63, 3.8) is 0 Å². The molecule has 1 aliphatic heterocycles. The Morgan fingerprint density at radius 1 is 1.48 bits per heavy atom. The van der Waals surface area contributed by atoms with Crippen molar-refractivity contribution < 1.29 is 20.1 Å². The molecular weight excluding hydrogens is 401 g/mol. The Labute approximate surface area is 181 Å². The molecule has 31 heavy (non-hydrogen) atoms. The molecule has 9 heteroatoms. The van der Waals surface area contributed by atoms with Crippen LogP contribution in [-0.4, -0.2) is 46.9 Å². The molecule has 168 valence electrons. The predicted octanol–water partition coefficient (Wildman–Crippen LogP) is 3.20. The fourth-order valence-corrected chi connectivity index (χ4v) is 4.44. The van der Waals surface area contributed by atoms with Gasteiger partial charge in [0.25, 0.3) is 5.91 Å². The largest absolute Gasteiger partial charge is 0.486 e. The van der Waals surface area contributed by atoms with Crippen LogP contribution in [0, 0.1) is 5.82 Å². The first-order valence-corrected chi connectivity index (χ1v) is 10.4. The number of rotatable bonds is 6. The zero-order valence-electron chi connectivity index (χ0n) is 18.2. The molecule has 3 N–H and O–H groups in total. The number of halogens is 1. The van der Waals surface area contributed by atoms with E-state index in [2.05, 4.69) is 22.2 Å². The van der Waals surface area contributed by atoms with Crippen LogP contribution in [0.15, 0.2) is 29.2 Å². The Morgan fingerprint density at radius 3 is 2.84 bits per heavy atom. The highest BCUT2D eigenvalue weighted by Gasteiger charge is 2.55. The number of nitrogens with two attached hydrogens (primary N) is 1. The third-order valence-electron chi connectivity index (χ3n) is 5.99. The van der Waals surface area contributed by atoms with Gasteiger partial charge in [-0.2, -0.15) is 4.39 Å². The molecule has 2 bridgehead atoms. The van der Waals surface area contributed by atoms with Gasteiger partial charge >= 0.3 is 0 Å². The number of amides is 1. The van der Waals surface area contributed by atoms with E-state index in [4.69, 9.17) is 15.2 Å². The number of anilines is 1. The molecule has 3 heterocycles. The number of hydrogen-bond acceptors (Lipinski definition) is 6. The lowest BCUT2D eigenvalue weighted by molar-refractivity contribution is -0.112. The number of allylic oxidation sites excluding steroid dienone is 1. The maximum absolute atomic E-state index is 15.5. The Balaban J connectivity index is 0.00000289. The summed E-state index contributed by atoms with van der Waals surface area (Å²) in [6, 6.07) is 0. The first-order valence-electron chi connectivity index (χ1n) is 10.4. The molecule has 1 saturated carbocycles. The van der Waals surface area contributed by atoms with Crippen LogP contribution in [-0.2, 0) is 14.9 Å². The number of pyridine rings is 1. The van der Waals surface area contributed by atoms with E-state index in [-0.39, 0.29) is 41.3 Å². The highest BCUT2D eigenvalue weighted by Crippen LogP contribution is 2.53. The van der Waals surface area contributed by atoms with Gasteiger partial charge in [-0.05, 0) is 46.1 Å². The zero-order valence-corrected chi connectivity index (χ0v) is 18.2. The van der Waals surface area contributed by atoms with E-state index < -0.39 is 11.7 Å². The van der Waals surface area contributed by atoms with Crippen LogP contribution in [0.25, 0.3) is 5.65 Å². The van der Waals surface area contributed by atoms with Gasteiger partial charge in [-0.15, -0.1) is 0 Å². The Bertz CT molecular complexity index is 1090. The highest BCUT2D eigenvalue weighted by atomic mass is 19.1. The minimum Gasteiger partial charge on any atom is -0.486 e.